The van der Waals surface area contributed by atoms with Crippen molar-refractivity contribution in [2.75, 3.05) is 26.8 Å². The van der Waals surface area contributed by atoms with Gasteiger partial charge in [-0.15, -0.1) is 0 Å². The fourth-order valence-electron chi connectivity index (χ4n) is 6.65. The molecule has 4 aliphatic carbocycles. The van der Waals surface area contributed by atoms with Crippen molar-refractivity contribution in [2.45, 2.75) is 70.5 Å². The van der Waals surface area contributed by atoms with Gasteiger partial charge in [0.2, 0.25) is 5.91 Å². The van der Waals surface area contributed by atoms with Gasteiger partial charge in [0, 0.05) is 44.2 Å². The van der Waals surface area contributed by atoms with E-state index >= 15 is 0 Å². The first-order valence-electron chi connectivity index (χ1n) is 12.2. The number of urea groups is 1. The number of methoxy groups -OCH3 is 1. The van der Waals surface area contributed by atoms with Gasteiger partial charge in [0.15, 0.2) is 0 Å². The van der Waals surface area contributed by atoms with Crippen LogP contribution < -0.4 is 5.32 Å². The molecular weight excluding hydrogens is 404 g/mol. The van der Waals surface area contributed by atoms with E-state index in [9.17, 15) is 9.59 Å². The van der Waals surface area contributed by atoms with Crippen molar-refractivity contribution in [2.24, 2.45) is 24.8 Å². The minimum atomic E-state index is -0.0825. The van der Waals surface area contributed by atoms with Gasteiger partial charge in [0.05, 0.1) is 13.2 Å². The van der Waals surface area contributed by atoms with Crippen molar-refractivity contribution >= 4 is 11.9 Å². The maximum Gasteiger partial charge on any atom is 0.318 e. The zero-order valence-electron chi connectivity index (χ0n) is 20.2. The quantitative estimate of drug-likeness (QED) is 0.635. The highest BCUT2D eigenvalue weighted by molar-refractivity contribution is 5.84. The second kappa shape index (κ2) is 9.46. The van der Waals surface area contributed by atoms with Crippen LogP contribution in [-0.4, -0.2) is 64.7 Å². The Morgan fingerprint density at radius 3 is 2.31 bits per heavy atom. The van der Waals surface area contributed by atoms with E-state index in [0.29, 0.717) is 19.7 Å². The topological polar surface area (TPSA) is 66.8 Å². The molecule has 7 nitrogen and oxygen atoms in total. The molecule has 1 N–H and O–H groups in total. The number of carbonyl (C=O) groups excluding carboxylic acids is 2. The maximum atomic E-state index is 13.4. The third kappa shape index (κ3) is 4.98. The van der Waals surface area contributed by atoms with Crippen LogP contribution in [0.2, 0.25) is 0 Å². The fourth-order valence-corrected chi connectivity index (χ4v) is 6.65. The van der Waals surface area contributed by atoms with Gasteiger partial charge in [-0.2, -0.15) is 0 Å². The van der Waals surface area contributed by atoms with Gasteiger partial charge in [-0.25, -0.2) is 4.79 Å². The van der Waals surface area contributed by atoms with E-state index in [-0.39, 0.29) is 30.1 Å². The summed E-state index contributed by atoms with van der Waals surface area (Å²) in [5, 5.41) is 3.44. The van der Waals surface area contributed by atoms with Gasteiger partial charge in [-0.3, -0.25) is 4.79 Å². The predicted octanol–water partition coefficient (Wildman–Crippen LogP) is 3.39. The molecule has 4 bridgehead atoms. The number of ether oxygens (including phenoxy) is 1. The number of aromatic nitrogens is 1. The first kappa shape index (κ1) is 23.1. The molecule has 32 heavy (non-hydrogen) atoms. The average Bonchev–Trinajstić information content (AvgIpc) is 3.11. The molecule has 4 saturated carbocycles. The number of hydrogen-bond donors (Lipinski definition) is 1. The Hall–Kier alpha value is -2.02. The zero-order valence-corrected chi connectivity index (χ0v) is 20.2. The van der Waals surface area contributed by atoms with Crippen LogP contribution in [0.25, 0.3) is 0 Å². The Kier molecular flexibility index (Phi) is 6.84. The van der Waals surface area contributed by atoms with Gasteiger partial charge in [-0.1, -0.05) is 0 Å². The normalized spacial score (nSPS) is 28.2. The fraction of sp³-hybridized carbons (Fsp3) is 0.760. The molecule has 0 aliphatic heterocycles. The molecule has 0 unspecified atom stereocenters. The molecule has 0 aromatic carbocycles. The van der Waals surface area contributed by atoms with Gasteiger partial charge in [-0.05, 0) is 82.3 Å². The number of nitrogens with one attached hydrogen (secondary N) is 1. The minimum Gasteiger partial charge on any atom is -0.383 e. The third-order valence-electron chi connectivity index (χ3n) is 7.92. The standard InChI is InChI=1S/C25H40N4O3/c1-18(2)29(17-23(30)28(8-9-32-4)16-22-6-5-7-27(22)3)24(31)26-25-13-19-10-20(14-25)12-21(11-19)15-25/h5-7,18-21H,8-17H2,1-4H3,(H,26,31). The van der Waals surface area contributed by atoms with E-state index in [4.69, 9.17) is 4.74 Å². The Labute approximate surface area is 192 Å². The van der Waals surface area contributed by atoms with Crippen LogP contribution in [0.4, 0.5) is 4.79 Å². The largest absolute Gasteiger partial charge is 0.383 e. The SMILES string of the molecule is COCCN(Cc1cccn1C)C(=O)CN(C(=O)NC12CC3CC(CC(C3)C1)C2)C(C)C. The average molecular weight is 445 g/mol. The van der Waals surface area contributed by atoms with Crippen LogP contribution in [0.3, 0.4) is 0 Å². The molecule has 0 radical (unpaired) electrons. The lowest BCUT2D eigenvalue weighted by molar-refractivity contribution is -0.133. The van der Waals surface area contributed by atoms with E-state index in [0.717, 1.165) is 42.7 Å². The Morgan fingerprint density at radius 2 is 1.81 bits per heavy atom. The van der Waals surface area contributed by atoms with Crippen molar-refractivity contribution in [1.82, 2.24) is 19.7 Å². The molecule has 178 valence electrons. The molecular formula is C25H40N4O3. The van der Waals surface area contributed by atoms with Crippen molar-refractivity contribution in [3.8, 4) is 0 Å². The Balaban J connectivity index is 1.42. The summed E-state index contributed by atoms with van der Waals surface area (Å²) in [4.78, 5) is 30.2. The molecule has 1 heterocycles. The molecule has 4 aliphatic rings. The lowest BCUT2D eigenvalue weighted by atomic mass is 9.53. The Bertz CT molecular complexity index is 783. The smallest absolute Gasteiger partial charge is 0.318 e. The predicted molar refractivity (Wildman–Crippen MR) is 124 cm³/mol. The number of amides is 3. The second-order valence-corrected chi connectivity index (χ2v) is 10.8. The van der Waals surface area contributed by atoms with Gasteiger partial charge in [0.25, 0.3) is 0 Å². The van der Waals surface area contributed by atoms with Crippen LogP contribution in [0, 0.1) is 17.8 Å². The first-order valence-corrected chi connectivity index (χ1v) is 12.2. The molecule has 1 aromatic heterocycles. The van der Waals surface area contributed by atoms with E-state index in [1.165, 1.54) is 19.3 Å². The molecule has 1 aromatic rings. The number of hydrogen-bond acceptors (Lipinski definition) is 3. The summed E-state index contributed by atoms with van der Waals surface area (Å²) < 4.78 is 7.26. The Morgan fingerprint density at radius 1 is 1.19 bits per heavy atom. The van der Waals surface area contributed by atoms with Crippen LogP contribution in [0.1, 0.15) is 58.1 Å². The number of nitrogens with zero attached hydrogens (tertiary/aromatic N) is 3. The molecule has 0 spiro atoms. The van der Waals surface area contributed by atoms with Crippen LogP contribution in [0.15, 0.2) is 18.3 Å². The molecule has 7 heteroatoms. The summed E-state index contributed by atoms with van der Waals surface area (Å²) >= 11 is 0. The zero-order chi connectivity index (χ0) is 22.9. The third-order valence-corrected chi connectivity index (χ3v) is 7.92. The summed E-state index contributed by atoms with van der Waals surface area (Å²) in [6.45, 7) is 5.55. The number of carbonyl (C=O) groups is 2. The number of aryl methyl sites for hydroxylation is 1. The van der Waals surface area contributed by atoms with Crippen molar-refractivity contribution in [3.63, 3.8) is 0 Å². The van der Waals surface area contributed by atoms with Crippen LogP contribution >= 0.6 is 0 Å². The van der Waals surface area contributed by atoms with E-state index in [1.54, 1.807) is 16.9 Å². The monoisotopic (exact) mass is 444 g/mol. The van der Waals surface area contributed by atoms with Crippen molar-refractivity contribution in [1.29, 1.82) is 0 Å². The molecule has 4 fully saturated rings. The lowest BCUT2D eigenvalue weighted by Gasteiger charge is -2.57. The second-order valence-electron chi connectivity index (χ2n) is 10.8. The molecule has 0 saturated heterocycles. The molecule has 3 amide bonds. The van der Waals surface area contributed by atoms with Gasteiger partial charge in [0.1, 0.15) is 6.54 Å². The first-order chi connectivity index (χ1) is 15.3. The van der Waals surface area contributed by atoms with E-state index < -0.39 is 0 Å². The van der Waals surface area contributed by atoms with Crippen molar-refractivity contribution in [3.05, 3.63) is 24.0 Å². The van der Waals surface area contributed by atoms with Gasteiger partial charge < -0.3 is 24.4 Å². The summed E-state index contributed by atoms with van der Waals surface area (Å²) in [6, 6.07) is 3.87. The summed E-state index contributed by atoms with van der Waals surface area (Å²) in [7, 11) is 3.62. The lowest BCUT2D eigenvalue weighted by Crippen LogP contribution is -2.63. The minimum absolute atomic E-state index is 0.0439. The maximum absolute atomic E-state index is 13.4. The van der Waals surface area contributed by atoms with E-state index in [2.05, 4.69) is 5.32 Å². The summed E-state index contributed by atoms with van der Waals surface area (Å²) in [6.07, 6.45) is 9.33. The van der Waals surface area contributed by atoms with Gasteiger partial charge >= 0.3 is 6.03 Å². The molecule has 0 atom stereocenters. The highest BCUT2D eigenvalue weighted by Gasteiger charge is 2.52. The highest BCUT2D eigenvalue weighted by atomic mass is 16.5. The number of rotatable bonds is 9. The van der Waals surface area contributed by atoms with Crippen LogP contribution in [-0.2, 0) is 23.1 Å². The summed E-state index contributed by atoms with van der Waals surface area (Å²) in [5.41, 5.74) is 1.00. The van der Waals surface area contributed by atoms with Crippen molar-refractivity contribution < 1.29 is 14.3 Å². The van der Waals surface area contributed by atoms with Crippen LogP contribution in [0.5, 0.6) is 0 Å². The summed E-state index contributed by atoms with van der Waals surface area (Å²) in [5.74, 6) is 2.26. The molecule has 5 rings (SSSR count). The van der Waals surface area contributed by atoms with E-state index in [1.807, 2.05) is 43.8 Å². The highest BCUT2D eigenvalue weighted by Crippen LogP contribution is 2.55.